The maximum absolute atomic E-state index is 6.06. The predicted octanol–water partition coefficient (Wildman–Crippen LogP) is 4.40. The Morgan fingerprint density at radius 2 is 1.60 bits per heavy atom. The summed E-state index contributed by atoms with van der Waals surface area (Å²) in [5, 5.41) is 0. The molecular formula is C16H20BrN3. The van der Waals surface area contributed by atoms with Crippen LogP contribution < -0.4 is 5.73 Å². The van der Waals surface area contributed by atoms with E-state index in [0.29, 0.717) is 11.6 Å². The van der Waals surface area contributed by atoms with E-state index in [1.54, 1.807) is 0 Å². The summed E-state index contributed by atoms with van der Waals surface area (Å²) >= 11 is 3.51. The maximum Gasteiger partial charge on any atom is 0.162 e. The predicted molar refractivity (Wildman–Crippen MR) is 87.8 cm³/mol. The van der Waals surface area contributed by atoms with Crippen LogP contribution in [0.1, 0.15) is 37.6 Å². The monoisotopic (exact) mass is 333 g/mol. The normalized spacial score (nSPS) is 11.7. The first-order valence-electron chi connectivity index (χ1n) is 6.62. The Morgan fingerprint density at radius 1 is 1.05 bits per heavy atom. The lowest BCUT2D eigenvalue weighted by Crippen LogP contribution is -2.17. The third-order valence-electron chi connectivity index (χ3n) is 3.29. The first-order chi connectivity index (χ1) is 9.21. The molecule has 0 amide bonds. The number of hydrogen-bond donors (Lipinski definition) is 1. The van der Waals surface area contributed by atoms with Gasteiger partial charge in [0.15, 0.2) is 5.82 Å². The van der Waals surface area contributed by atoms with Gasteiger partial charge in [0.1, 0.15) is 5.82 Å². The van der Waals surface area contributed by atoms with Crippen molar-refractivity contribution in [1.82, 2.24) is 9.97 Å². The summed E-state index contributed by atoms with van der Waals surface area (Å²) in [5.74, 6) is 1.19. The lowest BCUT2D eigenvalue weighted by atomic mass is 9.91. The molecule has 0 atom stereocenters. The quantitative estimate of drug-likeness (QED) is 0.841. The van der Waals surface area contributed by atoms with Gasteiger partial charge in [0, 0.05) is 11.0 Å². The van der Waals surface area contributed by atoms with Gasteiger partial charge in [-0.3, -0.25) is 0 Å². The second-order valence-electron chi connectivity index (χ2n) is 6.11. The van der Waals surface area contributed by atoms with Gasteiger partial charge in [0.25, 0.3) is 0 Å². The molecule has 3 nitrogen and oxygen atoms in total. The van der Waals surface area contributed by atoms with Crippen LogP contribution in [0.4, 0.5) is 5.82 Å². The lowest BCUT2D eigenvalue weighted by Gasteiger charge is -2.21. The van der Waals surface area contributed by atoms with E-state index in [9.17, 15) is 0 Å². The van der Waals surface area contributed by atoms with Gasteiger partial charge in [-0.15, -0.1) is 0 Å². The molecule has 0 spiro atoms. The Morgan fingerprint density at radius 3 is 2.10 bits per heavy atom. The molecule has 4 heteroatoms. The second kappa shape index (κ2) is 5.17. The van der Waals surface area contributed by atoms with Crippen LogP contribution in [0.15, 0.2) is 22.7 Å². The average molecular weight is 334 g/mol. The number of nitrogens with zero attached hydrogens (tertiary/aromatic N) is 2. The van der Waals surface area contributed by atoms with Crippen LogP contribution in [0, 0.1) is 13.8 Å². The summed E-state index contributed by atoms with van der Waals surface area (Å²) in [5.41, 5.74) is 10.3. The summed E-state index contributed by atoms with van der Waals surface area (Å²) in [4.78, 5) is 9.22. The minimum atomic E-state index is -0.0960. The smallest absolute Gasteiger partial charge is 0.162 e. The Balaban J connectivity index is 2.74. The highest BCUT2D eigenvalue weighted by Crippen LogP contribution is 2.34. The first kappa shape index (κ1) is 15.0. The maximum atomic E-state index is 6.06. The number of anilines is 1. The van der Waals surface area contributed by atoms with E-state index in [2.05, 4.69) is 67.7 Å². The number of halogens is 1. The van der Waals surface area contributed by atoms with Crippen molar-refractivity contribution < 1.29 is 0 Å². The molecule has 2 N–H and O–H groups in total. The lowest BCUT2D eigenvalue weighted by molar-refractivity contribution is 0.564. The fraction of sp³-hybridized carbons (Fsp3) is 0.375. The van der Waals surface area contributed by atoms with Gasteiger partial charge in [0.2, 0.25) is 0 Å². The molecule has 1 aromatic heterocycles. The summed E-state index contributed by atoms with van der Waals surface area (Å²) in [6.45, 7) is 10.5. The van der Waals surface area contributed by atoms with Gasteiger partial charge in [-0.25, -0.2) is 9.97 Å². The SMILES string of the molecule is Cc1cccc(C)c1-c1nc(N)c(Br)c(C(C)(C)C)n1. The van der Waals surface area contributed by atoms with Gasteiger partial charge in [0.05, 0.1) is 10.2 Å². The number of aromatic nitrogens is 2. The number of rotatable bonds is 1. The summed E-state index contributed by atoms with van der Waals surface area (Å²) < 4.78 is 0.792. The van der Waals surface area contributed by atoms with Crippen LogP contribution in [0.2, 0.25) is 0 Å². The molecule has 0 saturated carbocycles. The van der Waals surface area contributed by atoms with Gasteiger partial charge < -0.3 is 5.73 Å². The number of hydrogen-bond acceptors (Lipinski definition) is 3. The molecule has 1 aromatic carbocycles. The van der Waals surface area contributed by atoms with Gasteiger partial charge in [-0.1, -0.05) is 39.0 Å². The number of aryl methyl sites for hydroxylation is 2. The Labute approximate surface area is 128 Å². The number of nitrogens with two attached hydrogens (primary N) is 1. The molecule has 0 bridgehead atoms. The third kappa shape index (κ3) is 2.70. The fourth-order valence-corrected chi connectivity index (χ4v) is 3.01. The minimum absolute atomic E-state index is 0.0960. The van der Waals surface area contributed by atoms with E-state index < -0.39 is 0 Å². The molecule has 0 saturated heterocycles. The second-order valence-corrected chi connectivity index (χ2v) is 6.90. The molecule has 0 unspecified atom stereocenters. The standard InChI is InChI=1S/C16H20BrN3/c1-9-7-6-8-10(2)11(9)15-19-13(16(3,4)5)12(17)14(18)20-15/h6-8H,1-5H3,(H2,18,19,20). The van der Waals surface area contributed by atoms with Crippen LogP contribution in [-0.4, -0.2) is 9.97 Å². The van der Waals surface area contributed by atoms with Crippen LogP contribution in [0.25, 0.3) is 11.4 Å². The zero-order valence-corrected chi connectivity index (χ0v) is 14.2. The van der Waals surface area contributed by atoms with Crippen molar-refractivity contribution in [1.29, 1.82) is 0 Å². The molecule has 106 valence electrons. The highest BCUT2D eigenvalue weighted by Gasteiger charge is 2.23. The van der Waals surface area contributed by atoms with E-state index in [-0.39, 0.29) is 5.41 Å². The molecule has 0 fully saturated rings. The van der Waals surface area contributed by atoms with Gasteiger partial charge >= 0.3 is 0 Å². The van der Waals surface area contributed by atoms with Crippen LogP contribution in [0.5, 0.6) is 0 Å². The first-order valence-corrected chi connectivity index (χ1v) is 7.41. The van der Waals surface area contributed by atoms with Crippen LogP contribution in [-0.2, 0) is 5.41 Å². The largest absolute Gasteiger partial charge is 0.383 e. The van der Waals surface area contributed by atoms with Crippen LogP contribution in [0.3, 0.4) is 0 Å². The fourth-order valence-electron chi connectivity index (χ4n) is 2.24. The average Bonchev–Trinajstić information content (AvgIpc) is 2.31. The van der Waals surface area contributed by atoms with Gasteiger partial charge in [-0.2, -0.15) is 0 Å². The zero-order valence-electron chi connectivity index (χ0n) is 12.6. The zero-order chi connectivity index (χ0) is 15.1. The molecule has 0 radical (unpaired) electrons. The van der Waals surface area contributed by atoms with E-state index in [4.69, 9.17) is 10.7 Å². The Kier molecular flexibility index (Phi) is 3.87. The Hall–Kier alpha value is -1.42. The molecule has 0 aliphatic carbocycles. The summed E-state index contributed by atoms with van der Waals surface area (Å²) in [6, 6.07) is 6.18. The number of nitrogen functional groups attached to an aromatic ring is 1. The Bertz CT molecular complexity index is 637. The molecule has 2 rings (SSSR count). The highest BCUT2D eigenvalue weighted by molar-refractivity contribution is 9.10. The van der Waals surface area contributed by atoms with Crippen molar-refractivity contribution in [3.8, 4) is 11.4 Å². The topological polar surface area (TPSA) is 51.8 Å². The number of benzene rings is 1. The van der Waals surface area contributed by atoms with Gasteiger partial charge in [-0.05, 0) is 40.9 Å². The highest BCUT2D eigenvalue weighted by atomic mass is 79.9. The minimum Gasteiger partial charge on any atom is -0.383 e. The van der Waals surface area contributed by atoms with Crippen molar-refractivity contribution in [3.63, 3.8) is 0 Å². The molecule has 1 heterocycles. The van der Waals surface area contributed by atoms with Crippen molar-refractivity contribution >= 4 is 21.7 Å². The van der Waals surface area contributed by atoms with E-state index >= 15 is 0 Å². The van der Waals surface area contributed by atoms with Crippen molar-refractivity contribution in [2.24, 2.45) is 0 Å². The third-order valence-corrected chi connectivity index (χ3v) is 4.07. The molecule has 20 heavy (non-hydrogen) atoms. The molecule has 0 aliphatic rings. The molecule has 2 aromatic rings. The molecule has 0 aliphatic heterocycles. The van der Waals surface area contributed by atoms with Crippen molar-refractivity contribution in [3.05, 3.63) is 39.5 Å². The van der Waals surface area contributed by atoms with E-state index in [1.165, 1.54) is 0 Å². The summed E-state index contributed by atoms with van der Waals surface area (Å²) in [6.07, 6.45) is 0. The summed E-state index contributed by atoms with van der Waals surface area (Å²) in [7, 11) is 0. The van der Waals surface area contributed by atoms with Crippen molar-refractivity contribution in [2.75, 3.05) is 5.73 Å². The van der Waals surface area contributed by atoms with E-state index in [1.807, 2.05) is 6.07 Å². The van der Waals surface area contributed by atoms with Crippen molar-refractivity contribution in [2.45, 2.75) is 40.0 Å². The van der Waals surface area contributed by atoms with E-state index in [0.717, 1.165) is 26.9 Å². The molecular weight excluding hydrogens is 314 g/mol. The van der Waals surface area contributed by atoms with Crippen LogP contribution >= 0.6 is 15.9 Å².